The van der Waals surface area contributed by atoms with Crippen LogP contribution in [0.2, 0.25) is 0 Å². The molecule has 0 rings (SSSR count). The molecule has 89 heavy (non-hydrogen) atoms. The van der Waals surface area contributed by atoms with Crippen molar-refractivity contribution < 1.29 is 32.9 Å². The van der Waals surface area contributed by atoms with Crippen molar-refractivity contribution in [2.24, 2.45) is 0 Å². The van der Waals surface area contributed by atoms with Crippen LogP contribution in [0, 0.1) is 0 Å². The monoisotopic (exact) mass is 1260 g/mol. The maximum absolute atomic E-state index is 13.1. The Balaban J connectivity index is 4.02. The van der Waals surface area contributed by atoms with Gasteiger partial charge in [0.25, 0.3) is 7.82 Å². The number of unbranched alkanes of at least 4 members (excludes halogenated alkanes) is 40. The Hall–Kier alpha value is -2.84. The second-order valence-corrected chi connectivity index (χ2v) is 28.0. The number of rotatable bonds is 69. The number of nitrogens with one attached hydrogen (secondary N) is 1. The first-order chi connectivity index (χ1) is 43.5. The van der Waals surface area contributed by atoms with E-state index in [-0.39, 0.29) is 12.5 Å². The highest BCUT2D eigenvalue weighted by Gasteiger charge is 2.23. The van der Waals surface area contributed by atoms with Crippen molar-refractivity contribution in [3.63, 3.8) is 0 Å². The number of amides is 1. The summed E-state index contributed by atoms with van der Waals surface area (Å²) in [5, 5.41) is 14.0. The molecule has 0 aromatic rings. The molecule has 0 aliphatic rings. The standard InChI is InChI=1S/C80H145N2O6P/c1-6-8-10-12-14-16-18-20-22-24-26-28-30-32-34-35-36-37-38-39-40-41-42-43-44-45-46-47-48-50-52-54-56-58-60-62-64-66-68-70-72-74-80(84)81-78(77-88-89(85,86)87-76-75-82(3,4)5)79(83)73-71-69-67-65-63-61-59-57-55-53-51-49-33-31-29-27-25-23-21-19-17-15-13-11-9-7-2/h8,10,14,16,20,22,26,28,32,34,36-37,55,57,63,65,71,73,78-79,83H,6-7,9,11-13,15,17-19,21,23-25,27,29-31,33,35,38-54,56,58-62,64,66-70,72,74-77H2,1-5H3,(H-,81,84,85,86)/b10-8-,16-14-,22-20-,28-26-,34-32-,37-36-,57-55+,65-63+,73-71+. The number of allylic oxidation sites excluding steroid dienone is 17. The number of carbonyl (C=O) groups is 1. The zero-order valence-electron chi connectivity index (χ0n) is 59.1. The van der Waals surface area contributed by atoms with Gasteiger partial charge in [0, 0.05) is 6.42 Å². The molecule has 1 amide bonds. The van der Waals surface area contributed by atoms with E-state index in [1.807, 2.05) is 27.2 Å². The first-order valence-corrected chi connectivity index (χ1v) is 39.2. The molecule has 0 radical (unpaired) electrons. The van der Waals surface area contributed by atoms with Gasteiger partial charge in [-0.1, -0.05) is 348 Å². The molecule has 3 atom stereocenters. The zero-order valence-corrected chi connectivity index (χ0v) is 60.0. The fraction of sp³-hybridized carbons (Fsp3) is 0.762. The number of phosphoric acid groups is 1. The smallest absolute Gasteiger partial charge is 0.268 e. The number of aliphatic hydroxyl groups excluding tert-OH is 1. The van der Waals surface area contributed by atoms with Gasteiger partial charge in [-0.05, 0) is 96.3 Å². The van der Waals surface area contributed by atoms with Crippen LogP contribution >= 0.6 is 7.82 Å². The molecule has 2 N–H and O–H groups in total. The van der Waals surface area contributed by atoms with Crippen LogP contribution < -0.4 is 10.2 Å². The number of quaternary nitrogens is 1. The summed E-state index contributed by atoms with van der Waals surface area (Å²) in [5.41, 5.74) is 0. The van der Waals surface area contributed by atoms with Gasteiger partial charge < -0.3 is 28.8 Å². The van der Waals surface area contributed by atoms with Gasteiger partial charge in [0.1, 0.15) is 13.2 Å². The van der Waals surface area contributed by atoms with Crippen molar-refractivity contribution in [3.05, 3.63) is 109 Å². The van der Waals surface area contributed by atoms with E-state index in [1.165, 1.54) is 238 Å². The number of hydrogen-bond donors (Lipinski definition) is 2. The molecule has 0 spiro atoms. The first kappa shape index (κ1) is 86.2. The highest BCUT2D eigenvalue weighted by atomic mass is 31.2. The van der Waals surface area contributed by atoms with Crippen LogP contribution in [0.15, 0.2) is 109 Å². The van der Waals surface area contributed by atoms with E-state index in [0.29, 0.717) is 17.4 Å². The predicted octanol–water partition coefficient (Wildman–Crippen LogP) is 24.0. The minimum Gasteiger partial charge on any atom is -0.756 e. The fourth-order valence-corrected chi connectivity index (χ4v) is 11.6. The minimum absolute atomic E-state index is 0.0107. The van der Waals surface area contributed by atoms with Gasteiger partial charge in [0.05, 0.1) is 39.9 Å². The number of likely N-dealkylation sites (N-methyl/N-ethyl adjacent to an activating group) is 1. The summed E-state index contributed by atoms with van der Waals surface area (Å²) in [4.78, 5) is 25.7. The molecule has 516 valence electrons. The van der Waals surface area contributed by atoms with E-state index in [1.54, 1.807) is 6.08 Å². The molecule has 0 saturated heterocycles. The largest absolute Gasteiger partial charge is 0.756 e. The van der Waals surface area contributed by atoms with Gasteiger partial charge in [0.15, 0.2) is 0 Å². The van der Waals surface area contributed by atoms with Crippen molar-refractivity contribution in [1.29, 1.82) is 0 Å². The normalized spacial score (nSPS) is 14.2. The SMILES string of the molecule is CC/C=C\C/C=C\C/C=C\C/C=C\C/C=C\C/C=C\CCCCCCCCCCCCCCCCCCCCCCCCC(=O)NC(COP(=O)([O-])OCC[N+](C)(C)C)C(O)/C=C/CC/C=C/CC/C=C/CCCCCCCCCCCCCCCCCC. The van der Waals surface area contributed by atoms with Crippen molar-refractivity contribution in [1.82, 2.24) is 5.32 Å². The topological polar surface area (TPSA) is 108 Å². The minimum atomic E-state index is -4.62. The van der Waals surface area contributed by atoms with E-state index in [4.69, 9.17) is 9.05 Å². The molecule has 0 aliphatic carbocycles. The summed E-state index contributed by atoms with van der Waals surface area (Å²) >= 11 is 0. The maximum atomic E-state index is 13.1. The molecule has 8 nitrogen and oxygen atoms in total. The van der Waals surface area contributed by atoms with E-state index < -0.39 is 26.6 Å². The third kappa shape index (κ3) is 72.4. The van der Waals surface area contributed by atoms with E-state index in [0.717, 1.165) is 83.5 Å². The number of hydrogen-bond acceptors (Lipinski definition) is 6. The van der Waals surface area contributed by atoms with Crippen molar-refractivity contribution in [2.45, 2.75) is 353 Å². The van der Waals surface area contributed by atoms with Crippen molar-refractivity contribution in [2.75, 3.05) is 40.9 Å². The lowest BCUT2D eigenvalue weighted by Crippen LogP contribution is -2.45. The van der Waals surface area contributed by atoms with Gasteiger partial charge in [-0.3, -0.25) is 9.36 Å². The first-order valence-electron chi connectivity index (χ1n) is 37.7. The van der Waals surface area contributed by atoms with Crippen molar-refractivity contribution in [3.8, 4) is 0 Å². The third-order valence-electron chi connectivity index (χ3n) is 16.7. The molecule has 0 aromatic carbocycles. The highest BCUT2D eigenvalue weighted by molar-refractivity contribution is 7.45. The molecule has 0 heterocycles. The molecular formula is C80H145N2O6P. The summed E-state index contributed by atoms with van der Waals surface area (Å²) in [6, 6.07) is -0.915. The summed E-state index contributed by atoms with van der Waals surface area (Å²) < 4.78 is 23.5. The Kier molecular flexibility index (Phi) is 67.3. The van der Waals surface area contributed by atoms with E-state index in [9.17, 15) is 19.4 Å². The molecular weight excluding hydrogens is 1120 g/mol. The molecule has 0 bridgehead atoms. The average Bonchev–Trinajstić information content (AvgIpc) is 3.61. The van der Waals surface area contributed by atoms with Crippen LogP contribution in [-0.4, -0.2) is 68.5 Å². The van der Waals surface area contributed by atoms with E-state index >= 15 is 0 Å². The number of phosphoric ester groups is 1. The Bertz CT molecular complexity index is 1820. The lowest BCUT2D eigenvalue weighted by atomic mass is 10.0. The zero-order chi connectivity index (χ0) is 64.8. The Morgan fingerprint density at radius 2 is 0.697 bits per heavy atom. The lowest BCUT2D eigenvalue weighted by molar-refractivity contribution is -0.870. The summed E-state index contributed by atoms with van der Waals surface area (Å²) in [5.74, 6) is -0.208. The molecule has 0 aliphatic heterocycles. The summed E-state index contributed by atoms with van der Waals surface area (Å²) in [7, 11) is 1.24. The second kappa shape index (κ2) is 69.5. The predicted molar refractivity (Wildman–Crippen MR) is 389 cm³/mol. The van der Waals surface area contributed by atoms with Crippen LogP contribution in [0.3, 0.4) is 0 Å². The van der Waals surface area contributed by atoms with Gasteiger partial charge in [-0.25, -0.2) is 0 Å². The Morgan fingerprint density at radius 1 is 0.404 bits per heavy atom. The molecule has 0 fully saturated rings. The summed E-state index contributed by atoms with van der Waals surface area (Å²) in [6.45, 7) is 4.54. The summed E-state index contributed by atoms with van der Waals surface area (Å²) in [6.07, 6.45) is 102. The third-order valence-corrected chi connectivity index (χ3v) is 17.7. The lowest BCUT2D eigenvalue weighted by Gasteiger charge is -2.29. The number of carbonyl (C=O) groups excluding carboxylic acids is 1. The molecule has 3 unspecified atom stereocenters. The van der Waals surface area contributed by atoms with E-state index in [2.05, 4.69) is 116 Å². The van der Waals surface area contributed by atoms with Crippen LogP contribution in [-0.2, 0) is 18.4 Å². The molecule has 0 saturated carbocycles. The highest BCUT2D eigenvalue weighted by Crippen LogP contribution is 2.38. The second-order valence-electron chi connectivity index (χ2n) is 26.6. The Morgan fingerprint density at radius 3 is 1.04 bits per heavy atom. The van der Waals surface area contributed by atoms with Crippen LogP contribution in [0.5, 0.6) is 0 Å². The van der Waals surface area contributed by atoms with Gasteiger partial charge in [0.2, 0.25) is 5.91 Å². The van der Waals surface area contributed by atoms with Crippen LogP contribution in [0.1, 0.15) is 341 Å². The van der Waals surface area contributed by atoms with Gasteiger partial charge in [-0.2, -0.15) is 0 Å². The van der Waals surface area contributed by atoms with Crippen LogP contribution in [0.4, 0.5) is 0 Å². The molecule has 0 aromatic heterocycles. The average molecular weight is 1260 g/mol. The van der Waals surface area contributed by atoms with Crippen molar-refractivity contribution >= 4 is 13.7 Å². The van der Waals surface area contributed by atoms with Gasteiger partial charge >= 0.3 is 0 Å². The fourth-order valence-electron chi connectivity index (χ4n) is 10.9. The molecule has 9 heteroatoms. The number of nitrogens with zero attached hydrogens (tertiary/aromatic N) is 1. The van der Waals surface area contributed by atoms with Crippen LogP contribution in [0.25, 0.3) is 0 Å². The van der Waals surface area contributed by atoms with Gasteiger partial charge in [-0.15, -0.1) is 0 Å². The number of aliphatic hydroxyl groups is 1. The quantitative estimate of drug-likeness (QED) is 0.0272. The maximum Gasteiger partial charge on any atom is 0.268 e. The Labute approximate surface area is 552 Å².